The molecule has 0 radical (unpaired) electrons. The molecule has 0 saturated carbocycles. The number of benzene rings is 2. The van der Waals surface area contributed by atoms with Crippen molar-refractivity contribution in [1.29, 1.82) is 0 Å². The Hall–Kier alpha value is -2.47. The molecule has 1 atom stereocenters. The molecule has 0 spiro atoms. The number of aliphatic hydroxyl groups excluding tert-OH is 1. The number of nitrogens with zero attached hydrogens (tertiary/aromatic N) is 2. The number of β-amino-alcohol motifs (C(OH)–C–C–N with tert-alkyl or cyclic N) is 1. The van der Waals surface area contributed by atoms with E-state index >= 15 is 0 Å². The van der Waals surface area contributed by atoms with Crippen LogP contribution in [0.1, 0.15) is 19.3 Å². The van der Waals surface area contributed by atoms with Gasteiger partial charge in [0.2, 0.25) is 5.91 Å². The van der Waals surface area contributed by atoms with Crippen LogP contribution in [0.4, 0.5) is 8.78 Å². The monoisotopic (exact) mass is 358 g/mol. The Morgan fingerprint density at radius 3 is 2.15 bits per heavy atom. The third-order valence-corrected chi connectivity index (χ3v) is 5.03. The summed E-state index contributed by atoms with van der Waals surface area (Å²) in [6.45, 7) is 1.18. The van der Waals surface area contributed by atoms with Gasteiger partial charge in [0.25, 0.3) is 0 Å². The number of halogens is 2. The van der Waals surface area contributed by atoms with E-state index in [-0.39, 0.29) is 30.6 Å². The molecule has 1 aliphatic rings. The smallest absolute Gasteiger partial charge is 0.222 e. The van der Waals surface area contributed by atoms with Crippen LogP contribution in [-0.4, -0.2) is 39.7 Å². The van der Waals surface area contributed by atoms with Gasteiger partial charge < -0.3 is 14.6 Å². The van der Waals surface area contributed by atoms with E-state index in [1.807, 2.05) is 4.57 Å². The number of fused-ring (bicyclic) bond motifs is 3. The van der Waals surface area contributed by atoms with Gasteiger partial charge in [-0.3, -0.25) is 4.79 Å². The van der Waals surface area contributed by atoms with E-state index in [1.54, 1.807) is 17.0 Å². The average molecular weight is 358 g/mol. The molecule has 1 N–H and O–H groups in total. The van der Waals surface area contributed by atoms with Crippen LogP contribution in [0.15, 0.2) is 36.4 Å². The second-order valence-corrected chi connectivity index (χ2v) is 6.88. The second kappa shape index (κ2) is 6.68. The van der Waals surface area contributed by atoms with Gasteiger partial charge in [0.05, 0.1) is 12.6 Å². The minimum atomic E-state index is -0.758. The van der Waals surface area contributed by atoms with Crippen molar-refractivity contribution in [3.8, 4) is 0 Å². The van der Waals surface area contributed by atoms with Crippen molar-refractivity contribution < 1.29 is 18.7 Å². The normalized spacial score (nSPS) is 16.6. The van der Waals surface area contributed by atoms with Crippen molar-refractivity contribution in [2.75, 3.05) is 13.1 Å². The number of carbonyl (C=O) groups excluding carboxylic acids is 1. The first kappa shape index (κ1) is 17.0. The molecule has 1 aromatic heterocycles. The number of aromatic nitrogens is 1. The first-order valence-corrected chi connectivity index (χ1v) is 8.86. The van der Waals surface area contributed by atoms with Gasteiger partial charge in [0, 0.05) is 41.3 Å². The molecule has 1 fully saturated rings. The lowest BCUT2D eigenvalue weighted by Crippen LogP contribution is -2.41. The van der Waals surface area contributed by atoms with Gasteiger partial charge in [-0.05, 0) is 49.2 Å². The highest BCUT2D eigenvalue weighted by molar-refractivity contribution is 6.08. The number of amides is 1. The molecule has 6 heteroatoms. The molecule has 3 aromatic rings. The zero-order valence-electron chi connectivity index (χ0n) is 14.3. The topological polar surface area (TPSA) is 45.5 Å². The largest absolute Gasteiger partial charge is 0.389 e. The molecular formula is C20H20F2N2O2. The van der Waals surface area contributed by atoms with Gasteiger partial charge in [-0.15, -0.1) is 0 Å². The number of aliphatic hydroxyl groups is 1. The van der Waals surface area contributed by atoms with Crippen molar-refractivity contribution >= 4 is 27.7 Å². The Kier molecular flexibility index (Phi) is 4.36. The van der Waals surface area contributed by atoms with Crippen LogP contribution in [-0.2, 0) is 11.3 Å². The van der Waals surface area contributed by atoms with E-state index in [2.05, 4.69) is 0 Å². The number of hydrogen-bond acceptors (Lipinski definition) is 2. The number of rotatable bonds is 4. The maximum absolute atomic E-state index is 13.7. The van der Waals surface area contributed by atoms with Gasteiger partial charge in [-0.25, -0.2) is 8.78 Å². The van der Waals surface area contributed by atoms with Crippen LogP contribution in [0.5, 0.6) is 0 Å². The maximum Gasteiger partial charge on any atom is 0.222 e. The fourth-order valence-electron chi connectivity index (χ4n) is 3.82. The minimum Gasteiger partial charge on any atom is -0.389 e. The zero-order valence-corrected chi connectivity index (χ0v) is 14.3. The SMILES string of the molecule is O=C1CCCCN1CC(O)Cn1c2ccc(F)cc2c2cc(F)ccc21. The molecule has 1 aliphatic heterocycles. The summed E-state index contributed by atoms with van der Waals surface area (Å²) in [6, 6.07) is 8.76. The first-order valence-electron chi connectivity index (χ1n) is 8.86. The molecule has 4 nitrogen and oxygen atoms in total. The molecular weight excluding hydrogens is 338 g/mol. The molecule has 2 aromatic carbocycles. The quantitative estimate of drug-likeness (QED) is 0.776. The average Bonchev–Trinajstić information content (AvgIpc) is 2.89. The summed E-state index contributed by atoms with van der Waals surface area (Å²) in [5.41, 5.74) is 1.46. The van der Waals surface area contributed by atoms with Crippen molar-refractivity contribution in [3.05, 3.63) is 48.0 Å². The van der Waals surface area contributed by atoms with Crippen LogP contribution >= 0.6 is 0 Å². The molecule has 0 aliphatic carbocycles. The van der Waals surface area contributed by atoms with E-state index < -0.39 is 6.10 Å². The Morgan fingerprint density at radius 2 is 1.58 bits per heavy atom. The van der Waals surface area contributed by atoms with Gasteiger partial charge >= 0.3 is 0 Å². The van der Waals surface area contributed by atoms with Crippen molar-refractivity contribution in [1.82, 2.24) is 9.47 Å². The predicted molar refractivity (Wildman–Crippen MR) is 95.8 cm³/mol. The Morgan fingerprint density at radius 1 is 0.962 bits per heavy atom. The summed E-state index contributed by atoms with van der Waals surface area (Å²) >= 11 is 0. The van der Waals surface area contributed by atoms with Crippen LogP contribution < -0.4 is 0 Å². The summed E-state index contributed by atoms with van der Waals surface area (Å²) in [6.07, 6.45) is 1.62. The minimum absolute atomic E-state index is 0.0710. The van der Waals surface area contributed by atoms with E-state index in [4.69, 9.17) is 0 Å². The third-order valence-electron chi connectivity index (χ3n) is 5.03. The van der Waals surface area contributed by atoms with Crippen LogP contribution in [0.3, 0.4) is 0 Å². The number of likely N-dealkylation sites (tertiary alicyclic amines) is 1. The summed E-state index contributed by atoms with van der Waals surface area (Å²) in [4.78, 5) is 13.7. The molecule has 1 saturated heterocycles. The lowest BCUT2D eigenvalue weighted by Gasteiger charge is -2.29. The van der Waals surface area contributed by atoms with Crippen LogP contribution in [0, 0.1) is 11.6 Å². The van der Waals surface area contributed by atoms with E-state index in [0.717, 1.165) is 23.9 Å². The summed E-state index contributed by atoms with van der Waals surface area (Å²) in [5, 5.41) is 11.8. The molecule has 1 unspecified atom stereocenters. The highest BCUT2D eigenvalue weighted by atomic mass is 19.1. The standard InChI is InChI=1S/C20H20F2N2O2/c21-13-4-6-18-16(9-13)17-10-14(22)5-7-19(17)24(18)12-15(25)11-23-8-2-1-3-20(23)26/h4-7,9-10,15,25H,1-3,8,11-12H2. The highest BCUT2D eigenvalue weighted by Gasteiger charge is 2.22. The summed E-state index contributed by atoms with van der Waals surface area (Å²) in [5.74, 6) is -0.706. The Labute approximate surface area is 149 Å². The third kappa shape index (κ3) is 3.05. The number of piperidine rings is 1. The van der Waals surface area contributed by atoms with Gasteiger partial charge in [0.15, 0.2) is 0 Å². The summed E-state index contributed by atoms with van der Waals surface area (Å²) < 4.78 is 29.2. The van der Waals surface area contributed by atoms with Crippen molar-refractivity contribution in [2.45, 2.75) is 31.9 Å². The highest BCUT2D eigenvalue weighted by Crippen LogP contribution is 2.30. The van der Waals surface area contributed by atoms with Crippen molar-refractivity contribution in [3.63, 3.8) is 0 Å². The fourth-order valence-corrected chi connectivity index (χ4v) is 3.82. The molecule has 1 amide bonds. The maximum atomic E-state index is 13.7. The molecule has 26 heavy (non-hydrogen) atoms. The zero-order chi connectivity index (χ0) is 18.3. The van der Waals surface area contributed by atoms with Crippen LogP contribution in [0.25, 0.3) is 21.8 Å². The van der Waals surface area contributed by atoms with Gasteiger partial charge in [0.1, 0.15) is 11.6 Å². The molecule has 4 rings (SSSR count). The predicted octanol–water partition coefficient (Wildman–Crippen LogP) is 3.45. The first-order chi connectivity index (χ1) is 12.5. The number of carbonyl (C=O) groups is 1. The molecule has 0 bridgehead atoms. The fraction of sp³-hybridized carbons (Fsp3) is 0.350. The second-order valence-electron chi connectivity index (χ2n) is 6.88. The lowest BCUT2D eigenvalue weighted by atomic mass is 10.1. The number of hydrogen-bond donors (Lipinski definition) is 1. The Balaban J connectivity index is 1.69. The summed E-state index contributed by atoms with van der Waals surface area (Å²) in [7, 11) is 0. The molecule has 2 heterocycles. The van der Waals surface area contributed by atoms with Crippen LogP contribution in [0.2, 0.25) is 0 Å². The molecule has 136 valence electrons. The van der Waals surface area contributed by atoms with Gasteiger partial charge in [-0.1, -0.05) is 0 Å². The van der Waals surface area contributed by atoms with E-state index in [1.165, 1.54) is 24.3 Å². The van der Waals surface area contributed by atoms with E-state index in [0.29, 0.717) is 23.7 Å². The van der Waals surface area contributed by atoms with E-state index in [9.17, 15) is 18.7 Å². The Bertz CT molecular complexity index is 924. The lowest BCUT2D eigenvalue weighted by molar-refractivity contribution is -0.134. The van der Waals surface area contributed by atoms with Crippen molar-refractivity contribution in [2.24, 2.45) is 0 Å². The van der Waals surface area contributed by atoms with Gasteiger partial charge in [-0.2, -0.15) is 0 Å².